The topological polar surface area (TPSA) is 54.5 Å². The van der Waals surface area contributed by atoms with Crippen molar-refractivity contribution in [1.29, 1.82) is 0 Å². The molecule has 0 aromatic heterocycles. The van der Waals surface area contributed by atoms with E-state index in [0.29, 0.717) is 50.9 Å². The predicted molar refractivity (Wildman–Crippen MR) is 158 cm³/mol. The number of alkyl halides is 3. The summed E-state index contributed by atoms with van der Waals surface area (Å²) < 4.78 is 55.9. The van der Waals surface area contributed by atoms with Crippen LogP contribution in [0.15, 0.2) is 72.8 Å². The van der Waals surface area contributed by atoms with Crippen molar-refractivity contribution in [3.8, 4) is 11.5 Å². The molecule has 0 bridgehead atoms. The highest BCUT2D eigenvalue weighted by Crippen LogP contribution is 2.32. The standard InChI is InChI=1S/C33H38F3N3O4/c1-41-30-14-9-26(20-31(30)42-23-25-6-3-2-4-7-25)21-37-15-5-8-27(22-37)24-43-32(40)39-18-16-38(17-19-39)29-12-10-28(11-13-29)33(34,35)36/h2-4,6-7,9-14,20,27H,5,8,15-19,21-24H2,1H3. The number of hydrogen-bond donors (Lipinski definition) is 0. The highest BCUT2D eigenvalue weighted by atomic mass is 19.4. The number of piperidine rings is 1. The van der Waals surface area contributed by atoms with Crippen LogP contribution in [0.5, 0.6) is 11.5 Å². The fourth-order valence-corrected chi connectivity index (χ4v) is 5.65. The molecule has 0 N–H and O–H groups in total. The molecule has 2 saturated heterocycles. The first-order valence-electron chi connectivity index (χ1n) is 14.7. The SMILES string of the molecule is COc1ccc(CN2CCCC(COC(=O)N3CCN(c4ccc(C(F)(F)F)cc4)CC3)C2)cc1OCc1ccccc1. The summed E-state index contributed by atoms with van der Waals surface area (Å²) in [6.45, 7) is 5.40. The van der Waals surface area contributed by atoms with Crippen LogP contribution in [0.3, 0.4) is 0 Å². The molecule has 43 heavy (non-hydrogen) atoms. The van der Waals surface area contributed by atoms with Crippen LogP contribution in [0.25, 0.3) is 0 Å². The normalized spacial score (nSPS) is 17.9. The number of nitrogens with zero attached hydrogens (tertiary/aromatic N) is 3. The van der Waals surface area contributed by atoms with Gasteiger partial charge in [0.05, 0.1) is 19.3 Å². The summed E-state index contributed by atoms with van der Waals surface area (Å²) >= 11 is 0. The molecule has 7 nitrogen and oxygen atoms in total. The second kappa shape index (κ2) is 14.0. The van der Waals surface area contributed by atoms with Crippen molar-refractivity contribution in [2.45, 2.75) is 32.2 Å². The van der Waals surface area contributed by atoms with Crippen LogP contribution in [0.1, 0.15) is 29.5 Å². The fraction of sp³-hybridized carbons (Fsp3) is 0.424. The molecule has 0 saturated carbocycles. The molecule has 3 aromatic carbocycles. The van der Waals surface area contributed by atoms with Crippen molar-refractivity contribution in [2.75, 3.05) is 57.9 Å². The molecule has 2 aliphatic heterocycles. The van der Waals surface area contributed by atoms with Gasteiger partial charge < -0.3 is 24.0 Å². The molecule has 0 aliphatic carbocycles. The molecule has 5 rings (SSSR count). The average Bonchev–Trinajstić information content (AvgIpc) is 3.03. The lowest BCUT2D eigenvalue weighted by atomic mass is 9.98. The number of halogens is 3. The minimum atomic E-state index is -4.35. The van der Waals surface area contributed by atoms with E-state index in [0.717, 1.165) is 61.4 Å². The molecule has 2 aliphatic rings. The van der Waals surface area contributed by atoms with Crippen LogP contribution < -0.4 is 14.4 Å². The van der Waals surface area contributed by atoms with Crippen molar-refractivity contribution in [3.63, 3.8) is 0 Å². The van der Waals surface area contributed by atoms with Gasteiger partial charge in [0.15, 0.2) is 11.5 Å². The van der Waals surface area contributed by atoms with E-state index in [4.69, 9.17) is 14.2 Å². The molecule has 1 atom stereocenters. The number of rotatable bonds is 9. The van der Waals surface area contributed by atoms with Gasteiger partial charge in [-0.15, -0.1) is 0 Å². The summed E-state index contributed by atoms with van der Waals surface area (Å²) in [5.74, 6) is 1.66. The molecule has 1 amide bonds. The molecular weight excluding hydrogens is 559 g/mol. The summed E-state index contributed by atoms with van der Waals surface area (Å²) in [5.41, 5.74) is 2.27. The molecule has 3 aromatic rings. The van der Waals surface area contributed by atoms with Gasteiger partial charge in [0.1, 0.15) is 6.61 Å². The number of likely N-dealkylation sites (tertiary alicyclic amines) is 1. The number of benzene rings is 3. The maximum Gasteiger partial charge on any atom is 0.416 e. The Morgan fingerprint density at radius 1 is 0.884 bits per heavy atom. The third-order valence-corrected chi connectivity index (χ3v) is 8.01. The van der Waals surface area contributed by atoms with E-state index < -0.39 is 11.7 Å². The first kappa shape index (κ1) is 30.5. The molecule has 230 valence electrons. The molecule has 10 heteroatoms. The molecule has 0 radical (unpaired) electrons. The van der Waals surface area contributed by atoms with E-state index in [1.54, 1.807) is 12.0 Å². The van der Waals surface area contributed by atoms with Crippen molar-refractivity contribution in [1.82, 2.24) is 9.80 Å². The maximum atomic E-state index is 12.9. The molecule has 0 spiro atoms. The van der Waals surface area contributed by atoms with Gasteiger partial charge in [-0.05, 0) is 66.9 Å². The third-order valence-electron chi connectivity index (χ3n) is 8.01. The third kappa shape index (κ3) is 8.34. The van der Waals surface area contributed by atoms with E-state index in [9.17, 15) is 18.0 Å². The lowest BCUT2D eigenvalue weighted by Crippen LogP contribution is -2.49. The van der Waals surface area contributed by atoms with Crippen molar-refractivity contribution >= 4 is 11.8 Å². The van der Waals surface area contributed by atoms with E-state index in [1.165, 1.54) is 12.1 Å². The van der Waals surface area contributed by atoms with Gasteiger partial charge in [-0.25, -0.2) is 4.79 Å². The molecule has 2 heterocycles. The van der Waals surface area contributed by atoms with Crippen LogP contribution >= 0.6 is 0 Å². The monoisotopic (exact) mass is 597 g/mol. The van der Waals surface area contributed by atoms with Crippen LogP contribution in [-0.2, 0) is 24.1 Å². The number of ether oxygens (including phenoxy) is 3. The zero-order valence-corrected chi connectivity index (χ0v) is 24.4. The highest BCUT2D eigenvalue weighted by molar-refractivity contribution is 5.68. The fourth-order valence-electron chi connectivity index (χ4n) is 5.65. The van der Waals surface area contributed by atoms with Gasteiger partial charge in [-0.3, -0.25) is 4.90 Å². The summed E-state index contributed by atoms with van der Waals surface area (Å²) in [7, 11) is 1.64. The largest absolute Gasteiger partial charge is 0.493 e. The highest BCUT2D eigenvalue weighted by Gasteiger charge is 2.31. The predicted octanol–water partition coefficient (Wildman–Crippen LogP) is 6.46. The Morgan fingerprint density at radius 2 is 1.63 bits per heavy atom. The lowest BCUT2D eigenvalue weighted by molar-refractivity contribution is -0.137. The second-order valence-corrected chi connectivity index (χ2v) is 11.1. The number of hydrogen-bond acceptors (Lipinski definition) is 6. The van der Waals surface area contributed by atoms with E-state index in [2.05, 4.69) is 11.0 Å². The number of piperazine rings is 1. The van der Waals surface area contributed by atoms with Crippen molar-refractivity contribution in [2.24, 2.45) is 5.92 Å². The summed E-state index contributed by atoms with van der Waals surface area (Å²) in [4.78, 5) is 18.8. The lowest BCUT2D eigenvalue weighted by Gasteiger charge is -2.36. The summed E-state index contributed by atoms with van der Waals surface area (Å²) in [6.07, 6.45) is -2.66. The average molecular weight is 598 g/mol. The first-order valence-corrected chi connectivity index (χ1v) is 14.7. The Balaban J connectivity index is 1.07. The number of anilines is 1. The quantitative estimate of drug-likeness (QED) is 0.282. The van der Waals surface area contributed by atoms with Gasteiger partial charge >= 0.3 is 12.3 Å². The first-order chi connectivity index (χ1) is 20.8. The Morgan fingerprint density at radius 3 is 2.33 bits per heavy atom. The van der Waals surface area contributed by atoms with Gasteiger partial charge in [-0.2, -0.15) is 13.2 Å². The zero-order valence-electron chi connectivity index (χ0n) is 24.4. The van der Waals surface area contributed by atoms with Gasteiger partial charge in [-0.1, -0.05) is 36.4 Å². The summed E-state index contributed by atoms with van der Waals surface area (Å²) in [6, 6.07) is 21.2. The molecular formula is C33H38F3N3O4. The van der Waals surface area contributed by atoms with Crippen LogP contribution in [0.4, 0.5) is 23.7 Å². The van der Waals surface area contributed by atoms with Crippen LogP contribution in [0, 0.1) is 5.92 Å². The summed E-state index contributed by atoms with van der Waals surface area (Å²) in [5, 5.41) is 0. The Labute approximate surface area is 250 Å². The van der Waals surface area contributed by atoms with E-state index >= 15 is 0 Å². The maximum absolute atomic E-state index is 12.9. The van der Waals surface area contributed by atoms with Crippen molar-refractivity contribution < 1.29 is 32.2 Å². The Kier molecular flexibility index (Phi) is 9.97. The number of carbonyl (C=O) groups is 1. The smallest absolute Gasteiger partial charge is 0.416 e. The van der Waals surface area contributed by atoms with Crippen LogP contribution in [0.2, 0.25) is 0 Å². The number of amides is 1. The van der Waals surface area contributed by atoms with Crippen molar-refractivity contribution in [3.05, 3.63) is 89.5 Å². The Hall–Kier alpha value is -3.92. The molecule has 1 unspecified atom stereocenters. The second-order valence-electron chi connectivity index (χ2n) is 11.1. The van der Waals surface area contributed by atoms with E-state index in [1.807, 2.05) is 47.4 Å². The van der Waals surface area contributed by atoms with E-state index in [-0.39, 0.29) is 12.0 Å². The van der Waals surface area contributed by atoms with Gasteiger partial charge in [0, 0.05) is 50.9 Å². The number of carbonyl (C=O) groups excluding carboxylic acids is 1. The van der Waals surface area contributed by atoms with Gasteiger partial charge in [0.2, 0.25) is 0 Å². The van der Waals surface area contributed by atoms with Crippen LogP contribution in [-0.4, -0.2) is 68.9 Å². The minimum Gasteiger partial charge on any atom is -0.493 e. The minimum absolute atomic E-state index is 0.248. The Bertz CT molecular complexity index is 1330. The number of methoxy groups -OCH3 is 1. The molecule has 2 fully saturated rings. The van der Waals surface area contributed by atoms with Gasteiger partial charge in [0.25, 0.3) is 0 Å². The zero-order chi connectivity index (χ0) is 30.2.